The molecule has 0 rings (SSSR count). The van der Waals surface area contributed by atoms with Gasteiger partial charge in [0.25, 0.3) is 0 Å². The van der Waals surface area contributed by atoms with Crippen LogP contribution < -0.4 is 10.6 Å². The van der Waals surface area contributed by atoms with Crippen LogP contribution in [0.3, 0.4) is 0 Å². The summed E-state index contributed by atoms with van der Waals surface area (Å²) in [5.41, 5.74) is 0. The first-order chi connectivity index (χ1) is 4.31. The molecule has 0 aromatic rings. The monoisotopic (exact) mass is 150 g/mol. The Labute approximate surface area is 59.8 Å². The predicted octanol–water partition coefficient (Wildman–Crippen LogP) is 0.544. The van der Waals surface area contributed by atoms with E-state index in [9.17, 15) is 4.79 Å². The van der Waals surface area contributed by atoms with Gasteiger partial charge in [-0.05, 0) is 6.42 Å². The molecule has 0 aromatic carbocycles. The summed E-state index contributed by atoms with van der Waals surface area (Å²) in [6.45, 7) is 0.642. The van der Waals surface area contributed by atoms with Crippen LogP contribution in [-0.4, -0.2) is 25.5 Å². The number of alkyl halides is 1. The number of carbonyl (C=O) groups excluding carboxylic acids is 1. The van der Waals surface area contributed by atoms with Crippen molar-refractivity contribution in [2.24, 2.45) is 0 Å². The van der Waals surface area contributed by atoms with Gasteiger partial charge in [0, 0.05) is 19.5 Å². The fourth-order valence-corrected chi connectivity index (χ4v) is 0.491. The minimum atomic E-state index is -0.153. The van der Waals surface area contributed by atoms with Crippen LogP contribution in [0.15, 0.2) is 0 Å². The molecule has 0 saturated heterocycles. The Kier molecular flexibility index (Phi) is 5.41. The van der Waals surface area contributed by atoms with Gasteiger partial charge in [0.15, 0.2) is 0 Å². The van der Waals surface area contributed by atoms with Crippen molar-refractivity contribution in [3.8, 4) is 0 Å². The Morgan fingerprint density at radius 1 is 1.67 bits per heavy atom. The minimum Gasteiger partial charge on any atom is -0.341 e. The molecule has 0 heterocycles. The number of carbonyl (C=O) groups is 1. The van der Waals surface area contributed by atoms with Crippen LogP contribution in [0.25, 0.3) is 0 Å². The Morgan fingerprint density at radius 3 is 2.78 bits per heavy atom. The van der Waals surface area contributed by atoms with Gasteiger partial charge in [-0.1, -0.05) is 0 Å². The Hall–Kier alpha value is -0.440. The highest BCUT2D eigenvalue weighted by Crippen LogP contribution is 1.79. The lowest BCUT2D eigenvalue weighted by molar-refractivity contribution is 0.243. The molecular weight excluding hydrogens is 140 g/mol. The van der Waals surface area contributed by atoms with Crippen LogP contribution in [0.5, 0.6) is 0 Å². The highest BCUT2D eigenvalue weighted by molar-refractivity contribution is 6.17. The second-order valence-corrected chi connectivity index (χ2v) is 1.93. The summed E-state index contributed by atoms with van der Waals surface area (Å²) in [4.78, 5) is 10.4. The van der Waals surface area contributed by atoms with Crippen molar-refractivity contribution in [2.75, 3.05) is 19.5 Å². The Bertz CT molecular complexity index is 87.0. The molecule has 0 unspecified atom stereocenters. The molecule has 2 N–H and O–H groups in total. The standard InChI is InChI=1S/C5H11ClN2O/c1-7-5(9)8-4-2-3-6/h2-4H2,1H3,(H2,7,8,9). The van der Waals surface area contributed by atoms with Gasteiger partial charge in [-0.2, -0.15) is 0 Å². The zero-order valence-corrected chi connectivity index (χ0v) is 6.16. The summed E-state index contributed by atoms with van der Waals surface area (Å²) in [6.07, 6.45) is 0.814. The van der Waals surface area contributed by atoms with E-state index in [0.29, 0.717) is 12.4 Å². The number of urea groups is 1. The largest absolute Gasteiger partial charge is 0.341 e. The van der Waals surface area contributed by atoms with Crippen molar-refractivity contribution >= 4 is 17.6 Å². The molecule has 0 aliphatic rings. The van der Waals surface area contributed by atoms with Gasteiger partial charge in [-0.3, -0.25) is 0 Å². The lowest BCUT2D eigenvalue weighted by Gasteiger charge is -2.00. The second kappa shape index (κ2) is 5.69. The highest BCUT2D eigenvalue weighted by atomic mass is 35.5. The van der Waals surface area contributed by atoms with Crippen LogP contribution in [0.4, 0.5) is 4.79 Å². The minimum absolute atomic E-state index is 0.153. The van der Waals surface area contributed by atoms with E-state index in [1.54, 1.807) is 7.05 Å². The first-order valence-corrected chi connectivity index (χ1v) is 3.36. The zero-order chi connectivity index (χ0) is 7.11. The fraction of sp³-hybridized carbons (Fsp3) is 0.800. The van der Waals surface area contributed by atoms with Crippen molar-refractivity contribution in [1.29, 1.82) is 0 Å². The van der Waals surface area contributed by atoms with E-state index >= 15 is 0 Å². The lowest BCUT2D eigenvalue weighted by Crippen LogP contribution is -2.33. The van der Waals surface area contributed by atoms with E-state index in [1.165, 1.54) is 0 Å². The van der Waals surface area contributed by atoms with E-state index in [0.717, 1.165) is 6.42 Å². The van der Waals surface area contributed by atoms with Crippen molar-refractivity contribution in [3.63, 3.8) is 0 Å². The molecule has 4 heteroatoms. The van der Waals surface area contributed by atoms with E-state index in [2.05, 4.69) is 10.6 Å². The lowest BCUT2D eigenvalue weighted by atomic mass is 10.5. The van der Waals surface area contributed by atoms with Crippen LogP contribution in [-0.2, 0) is 0 Å². The molecule has 9 heavy (non-hydrogen) atoms. The van der Waals surface area contributed by atoms with Crippen LogP contribution in [0, 0.1) is 0 Å². The Balaban J connectivity index is 2.97. The topological polar surface area (TPSA) is 41.1 Å². The molecule has 2 amide bonds. The van der Waals surface area contributed by atoms with E-state index in [4.69, 9.17) is 11.6 Å². The average molecular weight is 151 g/mol. The molecule has 0 radical (unpaired) electrons. The van der Waals surface area contributed by atoms with Gasteiger partial charge in [-0.15, -0.1) is 11.6 Å². The number of nitrogens with one attached hydrogen (secondary N) is 2. The van der Waals surface area contributed by atoms with E-state index in [-0.39, 0.29) is 6.03 Å². The normalized spacial score (nSPS) is 8.67. The maximum atomic E-state index is 10.4. The third-order valence-electron chi connectivity index (χ3n) is 0.823. The summed E-state index contributed by atoms with van der Waals surface area (Å²) in [7, 11) is 1.58. The molecule has 0 atom stereocenters. The summed E-state index contributed by atoms with van der Waals surface area (Å²) in [6, 6.07) is -0.153. The van der Waals surface area contributed by atoms with Crippen molar-refractivity contribution in [3.05, 3.63) is 0 Å². The SMILES string of the molecule is CNC(=O)NCCCCl. The molecule has 0 aliphatic heterocycles. The van der Waals surface area contributed by atoms with Gasteiger partial charge in [0.05, 0.1) is 0 Å². The first kappa shape index (κ1) is 8.56. The first-order valence-electron chi connectivity index (χ1n) is 2.82. The van der Waals surface area contributed by atoms with Gasteiger partial charge >= 0.3 is 6.03 Å². The van der Waals surface area contributed by atoms with Crippen LogP contribution >= 0.6 is 11.6 Å². The number of hydrogen-bond donors (Lipinski definition) is 2. The molecule has 0 spiro atoms. The van der Waals surface area contributed by atoms with Crippen molar-refractivity contribution < 1.29 is 4.79 Å². The van der Waals surface area contributed by atoms with E-state index in [1.807, 2.05) is 0 Å². The summed E-state index contributed by atoms with van der Waals surface area (Å²) >= 11 is 5.36. The zero-order valence-electron chi connectivity index (χ0n) is 5.41. The number of amides is 2. The molecule has 0 aliphatic carbocycles. The average Bonchev–Trinajstić information content (AvgIpc) is 1.89. The highest BCUT2D eigenvalue weighted by Gasteiger charge is 1.91. The number of hydrogen-bond acceptors (Lipinski definition) is 1. The van der Waals surface area contributed by atoms with Crippen molar-refractivity contribution in [1.82, 2.24) is 10.6 Å². The predicted molar refractivity (Wildman–Crippen MR) is 37.8 cm³/mol. The van der Waals surface area contributed by atoms with Gasteiger partial charge in [0.1, 0.15) is 0 Å². The molecular formula is C5H11ClN2O. The molecule has 0 aromatic heterocycles. The third kappa shape index (κ3) is 5.43. The number of halogens is 1. The second-order valence-electron chi connectivity index (χ2n) is 1.55. The summed E-state index contributed by atoms with van der Waals surface area (Å²) in [5, 5.41) is 5.03. The van der Waals surface area contributed by atoms with Gasteiger partial charge in [0.2, 0.25) is 0 Å². The molecule has 54 valence electrons. The maximum absolute atomic E-state index is 10.4. The molecule has 3 nitrogen and oxygen atoms in total. The molecule has 0 bridgehead atoms. The summed E-state index contributed by atoms with van der Waals surface area (Å²) < 4.78 is 0. The quantitative estimate of drug-likeness (QED) is 0.448. The smallest absolute Gasteiger partial charge is 0.314 e. The van der Waals surface area contributed by atoms with Crippen molar-refractivity contribution in [2.45, 2.75) is 6.42 Å². The van der Waals surface area contributed by atoms with Gasteiger partial charge < -0.3 is 10.6 Å². The molecule has 0 saturated carbocycles. The third-order valence-corrected chi connectivity index (χ3v) is 1.09. The fourth-order valence-electron chi connectivity index (χ4n) is 0.357. The summed E-state index contributed by atoms with van der Waals surface area (Å²) in [5.74, 6) is 0.587. The molecule has 0 fully saturated rings. The number of rotatable bonds is 3. The maximum Gasteiger partial charge on any atom is 0.314 e. The van der Waals surface area contributed by atoms with E-state index < -0.39 is 0 Å². The van der Waals surface area contributed by atoms with Gasteiger partial charge in [-0.25, -0.2) is 4.79 Å². The van der Waals surface area contributed by atoms with Crippen LogP contribution in [0.1, 0.15) is 6.42 Å². The Morgan fingerprint density at radius 2 is 2.33 bits per heavy atom. The van der Waals surface area contributed by atoms with Crippen LogP contribution in [0.2, 0.25) is 0 Å².